The lowest BCUT2D eigenvalue weighted by atomic mass is 9.97. The van der Waals surface area contributed by atoms with Crippen LogP contribution in [0.4, 0.5) is 0 Å². The van der Waals surface area contributed by atoms with E-state index in [2.05, 4.69) is 42.0 Å². The van der Waals surface area contributed by atoms with Gasteiger partial charge in [0.05, 0.1) is 0 Å². The Bertz CT molecular complexity index is 383. The molecule has 106 valence electrons. The van der Waals surface area contributed by atoms with Gasteiger partial charge < -0.3 is 5.32 Å². The molecule has 0 amide bonds. The van der Waals surface area contributed by atoms with Crippen molar-refractivity contribution in [3.05, 3.63) is 29.6 Å². The van der Waals surface area contributed by atoms with Gasteiger partial charge in [0.2, 0.25) is 0 Å². The van der Waals surface area contributed by atoms with E-state index in [9.17, 15) is 0 Å². The largest absolute Gasteiger partial charge is 0.317 e. The Balaban J connectivity index is 1.95. The Morgan fingerprint density at radius 1 is 1.32 bits per heavy atom. The fourth-order valence-corrected chi connectivity index (χ4v) is 2.79. The normalized spacial score (nSPS) is 17.3. The van der Waals surface area contributed by atoms with Crippen molar-refractivity contribution < 1.29 is 0 Å². The van der Waals surface area contributed by atoms with Crippen LogP contribution in [0, 0.1) is 12.8 Å². The van der Waals surface area contributed by atoms with Crippen LogP contribution < -0.4 is 5.32 Å². The average molecular weight is 261 g/mol. The van der Waals surface area contributed by atoms with Crippen LogP contribution in [0.1, 0.15) is 37.8 Å². The van der Waals surface area contributed by atoms with E-state index >= 15 is 0 Å². The Morgan fingerprint density at radius 3 is 2.68 bits per heavy atom. The van der Waals surface area contributed by atoms with Gasteiger partial charge in [-0.15, -0.1) is 0 Å². The van der Waals surface area contributed by atoms with Crippen molar-refractivity contribution >= 4 is 0 Å². The summed E-state index contributed by atoms with van der Waals surface area (Å²) < 4.78 is 0. The smallest absolute Gasteiger partial charge is 0.0313 e. The zero-order valence-electron chi connectivity index (χ0n) is 12.5. The Hall–Kier alpha value is -0.930. The molecule has 0 aromatic carbocycles. The van der Waals surface area contributed by atoms with Crippen molar-refractivity contribution in [2.45, 2.75) is 46.2 Å². The van der Waals surface area contributed by atoms with Gasteiger partial charge in [0.1, 0.15) is 0 Å². The molecule has 0 saturated carbocycles. The highest BCUT2D eigenvalue weighted by Crippen LogP contribution is 2.17. The minimum absolute atomic E-state index is 0.593. The molecular weight excluding hydrogens is 234 g/mol. The topological polar surface area (TPSA) is 28.2 Å². The second-order valence-electron chi connectivity index (χ2n) is 6.09. The molecule has 2 rings (SSSR count). The molecule has 2 heterocycles. The molecule has 0 spiro atoms. The van der Waals surface area contributed by atoms with Gasteiger partial charge in [-0.1, -0.05) is 6.07 Å². The minimum atomic E-state index is 0.593. The fourth-order valence-electron chi connectivity index (χ4n) is 2.79. The first-order chi connectivity index (χ1) is 9.15. The molecular formula is C16H27N3. The first-order valence-corrected chi connectivity index (χ1v) is 7.50. The summed E-state index contributed by atoms with van der Waals surface area (Å²) in [5, 5.41) is 3.45. The molecule has 1 fully saturated rings. The molecule has 19 heavy (non-hydrogen) atoms. The third-order valence-electron chi connectivity index (χ3n) is 4.00. The van der Waals surface area contributed by atoms with Gasteiger partial charge in [-0.05, 0) is 63.7 Å². The van der Waals surface area contributed by atoms with Gasteiger partial charge in [0.15, 0.2) is 0 Å². The molecule has 1 aliphatic heterocycles. The fraction of sp³-hybridized carbons (Fsp3) is 0.688. The number of nitrogens with one attached hydrogen (secondary N) is 1. The van der Waals surface area contributed by atoms with Gasteiger partial charge in [0.25, 0.3) is 0 Å². The first kappa shape index (κ1) is 14.5. The van der Waals surface area contributed by atoms with Crippen molar-refractivity contribution in [2.75, 3.05) is 19.6 Å². The molecule has 1 aliphatic rings. The van der Waals surface area contributed by atoms with E-state index in [1.165, 1.54) is 43.6 Å². The minimum Gasteiger partial charge on any atom is -0.317 e. The van der Waals surface area contributed by atoms with E-state index in [1.807, 2.05) is 12.4 Å². The van der Waals surface area contributed by atoms with Crippen LogP contribution in [-0.4, -0.2) is 35.6 Å². The van der Waals surface area contributed by atoms with Crippen LogP contribution in [-0.2, 0) is 6.54 Å². The van der Waals surface area contributed by atoms with Crippen LogP contribution in [0.2, 0.25) is 0 Å². The maximum atomic E-state index is 4.31. The second-order valence-corrected chi connectivity index (χ2v) is 6.09. The number of hydrogen-bond donors (Lipinski definition) is 1. The predicted molar refractivity (Wildman–Crippen MR) is 80.1 cm³/mol. The summed E-state index contributed by atoms with van der Waals surface area (Å²) in [6, 6.07) is 2.85. The summed E-state index contributed by atoms with van der Waals surface area (Å²) in [5.41, 5.74) is 2.59. The first-order valence-electron chi connectivity index (χ1n) is 7.50. The van der Waals surface area contributed by atoms with E-state index in [0.717, 1.165) is 12.5 Å². The molecule has 0 aliphatic carbocycles. The Kier molecular flexibility index (Phi) is 5.34. The quantitative estimate of drug-likeness (QED) is 0.883. The van der Waals surface area contributed by atoms with Crippen molar-refractivity contribution in [1.29, 1.82) is 0 Å². The van der Waals surface area contributed by atoms with Gasteiger partial charge in [-0.3, -0.25) is 9.88 Å². The highest BCUT2D eigenvalue weighted by Gasteiger charge is 2.19. The Morgan fingerprint density at radius 2 is 2.05 bits per heavy atom. The lowest BCUT2D eigenvalue weighted by molar-refractivity contribution is 0.161. The average Bonchev–Trinajstić information content (AvgIpc) is 2.39. The van der Waals surface area contributed by atoms with Crippen molar-refractivity contribution in [3.63, 3.8) is 0 Å². The van der Waals surface area contributed by atoms with E-state index in [4.69, 9.17) is 0 Å². The van der Waals surface area contributed by atoms with Crippen LogP contribution >= 0.6 is 0 Å². The maximum Gasteiger partial charge on any atom is 0.0313 e. The molecule has 0 radical (unpaired) electrons. The van der Waals surface area contributed by atoms with Crippen molar-refractivity contribution in [3.8, 4) is 0 Å². The number of rotatable bonds is 5. The van der Waals surface area contributed by atoms with Gasteiger partial charge in [-0.2, -0.15) is 0 Å². The summed E-state index contributed by atoms with van der Waals surface area (Å²) in [6.45, 7) is 11.3. The monoisotopic (exact) mass is 261 g/mol. The van der Waals surface area contributed by atoms with E-state index < -0.39 is 0 Å². The lowest BCUT2D eigenvalue weighted by Gasteiger charge is -2.32. The number of piperidine rings is 1. The molecule has 3 heteroatoms. The van der Waals surface area contributed by atoms with Crippen LogP contribution in [0.5, 0.6) is 0 Å². The molecule has 1 saturated heterocycles. The highest BCUT2D eigenvalue weighted by molar-refractivity contribution is 5.16. The SMILES string of the molecule is Cc1cncc(CN(CC2CCNCC2)C(C)C)c1. The summed E-state index contributed by atoms with van der Waals surface area (Å²) in [6.07, 6.45) is 6.56. The zero-order chi connectivity index (χ0) is 13.7. The second kappa shape index (κ2) is 7.01. The van der Waals surface area contributed by atoms with E-state index in [1.54, 1.807) is 0 Å². The van der Waals surface area contributed by atoms with Crippen LogP contribution in [0.15, 0.2) is 18.5 Å². The number of pyridine rings is 1. The van der Waals surface area contributed by atoms with Crippen molar-refractivity contribution in [1.82, 2.24) is 15.2 Å². The predicted octanol–water partition coefficient (Wildman–Crippen LogP) is 2.60. The van der Waals surface area contributed by atoms with Crippen molar-refractivity contribution in [2.24, 2.45) is 5.92 Å². The number of aryl methyl sites for hydroxylation is 1. The van der Waals surface area contributed by atoms with Gasteiger partial charge in [-0.25, -0.2) is 0 Å². The van der Waals surface area contributed by atoms with E-state index in [-0.39, 0.29) is 0 Å². The van der Waals surface area contributed by atoms with Gasteiger partial charge in [0, 0.05) is 31.5 Å². The molecule has 1 aromatic heterocycles. The summed E-state index contributed by atoms with van der Waals surface area (Å²) in [5.74, 6) is 0.849. The number of aromatic nitrogens is 1. The molecule has 1 aromatic rings. The van der Waals surface area contributed by atoms with Crippen LogP contribution in [0.25, 0.3) is 0 Å². The summed E-state index contributed by atoms with van der Waals surface area (Å²) in [7, 11) is 0. The molecule has 1 N–H and O–H groups in total. The molecule has 0 unspecified atom stereocenters. The number of hydrogen-bond acceptors (Lipinski definition) is 3. The number of nitrogens with zero attached hydrogens (tertiary/aromatic N) is 2. The third-order valence-corrected chi connectivity index (χ3v) is 4.00. The standard InChI is InChI=1S/C16H27N3/c1-13(2)19(11-15-4-6-17-7-5-15)12-16-8-14(3)9-18-10-16/h8-10,13,15,17H,4-7,11-12H2,1-3H3. The molecule has 3 nitrogen and oxygen atoms in total. The maximum absolute atomic E-state index is 4.31. The molecule has 0 atom stereocenters. The zero-order valence-corrected chi connectivity index (χ0v) is 12.5. The third kappa shape index (κ3) is 4.59. The van der Waals surface area contributed by atoms with E-state index in [0.29, 0.717) is 6.04 Å². The van der Waals surface area contributed by atoms with Gasteiger partial charge >= 0.3 is 0 Å². The lowest BCUT2D eigenvalue weighted by Crippen LogP contribution is -2.39. The summed E-state index contributed by atoms with van der Waals surface area (Å²) in [4.78, 5) is 6.90. The summed E-state index contributed by atoms with van der Waals surface area (Å²) >= 11 is 0. The Labute approximate surface area is 117 Å². The van der Waals surface area contributed by atoms with Crippen LogP contribution in [0.3, 0.4) is 0 Å². The highest BCUT2D eigenvalue weighted by atomic mass is 15.1. The molecule has 0 bridgehead atoms.